The van der Waals surface area contributed by atoms with Crippen LogP contribution in [0.5, 0.6) is 0 Å². The number of ether oxygens (including phenoxy) is 1. The molecule has 0 saturated carbocycles. The minimum absolute atomic E-state index is 0.185. The summed E-state index contributed by atoms with van der Waals surface area (Å²) < 4.78 is 4.67. The number of methoxy groups -OCH3 is 1. The van der Waals surface area contributed by atoms with Gasteiger partial charge in [0, 0.05) is 6.42 Å². The van der Waals surface area contributed by atoms with Gasteiger partial charge in [0.25, 0.3) is 0 Å². The zero-order valence-corrected chi connectivity index (χ0v) is 16.6. The number of hydrogen-bond acceptors (Lipinski definition) is 5. The molecule has 3 amide bonds. The van der Waals surface area contributed by atoms with Gasteiger partial charge in [-0.15, -0.1) is 0 Å². The second kappa shape index (κ2) is 12.5. The van der Waals surface area contributed by atoms with Crippen molar-refractivity contribution in [2.75, 3.05) is 20.2 Å². The summed E-state index contributed by atoms with van der Waals surface area (Å²) >= 11 is 0. The van der Waals surface area contributed by atoms with Gasteiger partial charge in [-0.2, -0.15) is 0 Å². The molecule has 0 bridgehead atoms. The number of rotatable bonds is 11. The van der Waals surface area contributed by atoms with Crippen LogP contribution in [0.25, 0.3) is 0 Å². The molecule has 154 valence electrons. The molecular formula is C20H29N3O5. The molecule has 0 aromatic heterocycles. The maximum absolute atomic E-state index is 11.9. The van der Waals surface area contributed by atoms with Crippen molar-refractivity contribution < 1.29 is 23.9 Å². The molecular weight excluding hydrogens is 362 g/mol. The van der Waals surface area contributed by atoms with Gasteiger partial charge in [0.1, 0.15) is 6.04 Å². The molecule has 0 aliphatic rings. The highest BCUT2D eigenvalue weighted by molar-refractivity contribution is 5.90. The Morgan fingerprint density at radius 2 is 1.54 bits per heavy atom. The fourth-order valence-corrected chi connectivity index (χ4v) is 2.48. The summed E-state index contributed by atoms with van der Waals surface area (Å²) in [5.41, 5.74) is 1.04. The van der Waals surface area contributed by atoms with Crippen molar-refractivity contribution in [3.05, 3.63) is 35.9 Å². The van der Waals surface area contributed by atoms with Gasteiger partial charge in [-0.25, -0.2) is 4.79 Å². The average molecular weight is 391 g/mol. The van der Waals surface area contributed by atoms with Gasteiger partial charge in [0.05, 0.1) is 20.2 Å². The highest BCUT2D eigenvalue weighted by Gasteiger charge is 2.22. The first kappa shape index (κ1) is 23.1. The molecule has 0 spiro atoms. The molecule has 0 unspecified atom stereocenters. The van der Waals surface area contributed by atoms with E-state index in [4.69, 9.17) is 0 Å². The summed E-state index contributed by atoms with van der Waals surface area (Å²) in [4.78, 5) is 47.2. The van der Waals surface area contributed by atoms with Crippen LogP contribution in [0, 0.1) is 5.92 Å². The summed E-state index contributed by atoms with van der Waals surface area (Å²) in [6.07, 6.45) is 1.29. The Morgan fingerprint density at radius 3 is 2.14 bits per heavy atom. The maximum Gasteiger partial charge on any atom is 0.328 e. The van der Waals surface area contributed by atoms with Crippen LogP contribution in [0.3, 0.4) is 0 Å². The van der Waals surface area contributed by atoms with Crippen LogP contribution in [-0.2, 0) is 30.3 Å². The van der Waals surface area contributed by atoms with Crippen molar-refractivity contribution in [3.8, 4) is 0 Å². The molecule has 0 fully saturated rings. The van der Waals surface area contributed by atoms with E-state index >= 15 is 0 Å². The van der Waals surface area contributed by atoms with Gasteiger partial charge in [0.2, 0.25) is 17.7 Å². The van der Waals surface area contributed by atoms with Crippen LogP contribution in [-0.4, -0.2) is 49.9 Å². The zero-order valence-electron chi connectivity index (χ0n) is 16.6. The minimum Gasteiger partial charge on any atom is -0.467 e. The first-order chi connectivity index (χ1) is 13.3. The van der Waals surface area contributed by atoms with E-state index in [0.29, 0.717) is 12.8 Å². The predicted octanol–water partition coefficient (Wildman–Crippen LogP) is 0.556. The van der Waals surface area contributed by atoms with Crippen LogP contribution in [0.15, 0.2) is 30.3 Å². The SMILES string of the molecule is COC(=O)[C@@H](CC(C)C)NC(=O)CNC(=O)CNC(=O)CCc1ccccc1. The first-order valence-electron chi connectivity index (χ1n) is 9.26. The molecule has 28 heavy (non-hydrogen) atoms. The number of amides is 3. The summed E-state index contributed by atoms with van der Waals surface area (Å²) in [5, 5.41) is 7.47. The average Bonchev–Trinajstić information content (AvgIpc) is 2.68. The molecule has 8 nitrogen and oxygen atoms in total. The van der Waals surface area contributed by atoms with Crippen molar-refractivity contribution in [2.45, 2.75) is 39.2 Å². The van der Waals surface area contributed by atoms with Crippen LogP contribution in [0.1, 0.15) is 32.3 Å². The van der Waals surface area contributed by atoms with E-state index in [-0.39, 0.29) is 31.3 Å². The molecule has 0 radical (unpaired) electrons. The topological polar surface area (TPSA) is 114 Å². The van der Waals surface area contributed by atoms with Crippen molar-refractivity contribution in [1.29, 1.82) is 0 Å². The quantitative estimate of drug-likeness (QED) is 0.477. The van der Waals surface area contributed by atoms with Crippen LogP contribution in [0.4, 0.5) is 0 Å². The number of nitrogens with one attached hydrogen (secondary N) is 3. The molecule has 0 aliphatic heterocycles. The summed E-state index contributed by atoms with van der Waals surface area (Å²) in [5.74, 6) is -1.57. The summed E-state index contributed by atoms with van der Waals surface area (Å²) in [6, 6.07) is 8.81. The third-order valence-electron chi connectivity index (χ3n) is 3.90. The lowest BCUT2D eigenvalue weighted by atomic mass is 10.0. The summed E-state index contributed by atoms with van der Waals surface area (Å²) in [7, 11) is 1.25. The van der Waals surface area contributed by atoms with Gasteiger partial charge >= 0.3 is 5.97 Å². The van der Waals surface area contributed by atoms with E-state index in [0.717, 1.165) is 5.56 Å². The van der Waals surface area contributed by atoms with Gasteiger partial charge in [0.15, 0.2) is 0 Å². The number of aryl methyl sites for hydroxylation is 1. The highest BCUT2D eigenvalue weighted by Crippen LogP contribution is 2.06. The van der Waals surface area contributed by atoms with E-state index < -0.39 is 23.8 Å². The lowest BCUT2D eigenvalue weighted by Crippen LogP contribution is -2.47. The molecule has 8 heteroatoms. The second-order valence-electron chi connectivity index (χ2n) is 6.81. The van der Waals surface area contributed by atoms with Crippen molar-refractivity contribution in [1.82, 2.24) is 16.0 Å². The van der Waals surface area contributed by atoms with E-state index in [2.05, 4.69) is 20.7 Å². The lowest BCUT2D eigenvalue weighted by molar-refractivity contribution is -0.145. The normalized spacial score (nSPS) is 11.4. The monoisotopic (exact) mass is 391 g/mol. The number of esters is 1. The van der Waals surface area contributed by atoms with Crippen molar-refractivity contribution >= 4 is 23.7 Å². The van der Waals surface area contributed by atoms with Gasteiger partial charge in [-0.05, 0) is 24.3 Å². The molecule has 1 atom stereocenters. The number of carbonyl (C=O) groups is 4. The Labute approximate surface area is 165 Å². The summed E-state index contributed by atoms with van der Waals surface area (Å²) in [6.45, 7) is 3.34. The Balaban J connectivity index is 2.28. The number of hydrogen-bond donors (Lipinski definition) is 3. The van der Waals surface area contributed by atoms with Gasteiger partial charge < -0.3 is 20.7 Å². The van der Waals surface area contributed by atoms with E-state index in [1.54, 1.807) is 0 Å². The third kappa shape index (κ3) is 9.70. The Hall–Kier alpha value is -2.90. The third-order valence-corrected chi connectivity index (χ3v) is 3.90. The van der Waals surface area contributed by atoms with Crippen LogP contribution in [0.2, 0.25) is 0 Å². The Morgan fingerprint density at radius 1 is 0.929 bits per heavy atom. The minimum atomic E-state index is -0.757. The lowest BCUT2D eigenvalue weighted by Gasteiger charge is -2.18. The molecule has 1 aromatic rings. The molecule has 1 aromatic carbocycles. The maximum atomic E-state index is 11.9. The standard InChI is InChI=1S/C20H29N3O5/c1-14(2)11-16(20(27)28-3)23-19(26)13-22-18(25)12-21-17(24)10-9-15-7-5-4-6-8-15/h4-8,14,16H,9-13H2,1-3H3,(H,21,24)(H,22,25)(H,23,26)/t16-/m1/s1. The van der Waals surface area contributed by atoms with E-state index in [9.17, 15) is 19.2 Å². The smallest absolute Gasteiger partial charge is 0.328 e. The zero-order chi connectivity index (χ0) is 20.9. The molecule has 0 saturated heterocycles. The molecule has 0 aliphatic carbocycles. The van der Waals surface area contributed by atoms with Crippen molar-refractivity contribution in [3.63, 3.8) is 0 Å². The van der Waals surface area contributed by atoms with E-state index in [1.165, 1.54) is 7.11 Å². The second-order valence-corrected chi connectivity index (χ2v) is 6.81. The Kier molecular flexibility index (Phi) is 10.3. The molecule has 1 rings (SSSR count). The first-order valence-corrected chi connectivity index (χ1v) is 9.26. The van der Waals surface area contributed by atoms with E-state index in [1.807, 2.05) is 44.2 Å². The van der Waals surface area contributed by atoms with Crippen molar-refractivity contribution in [2.24, 2.45) is 5.92 Å². The largest absolute Gasteiger partial charge is 0.467 e. The number of carbonyl (C=O) groups excluding carboxylic acids is 4. The number of benzene rings is 1. The van der Waals surface area contributed by atoms with Crippen LogP contribution >= 0.6 is 0 Å². The van der Waals surface area contributed by atoms with Gasteiger partial charge in [-0.1, -0.05) is 44.2 Å². The van der Waals surface area contributed by atoms with Crippen LogP contribution < -0.4 is 16.0 Å². The molecule has 3 N–H and O–H groups in total. The fraction of sp³-hybridized carbons (Fsp3) is 0.500. The predicted molar refractivity (Wildman–Crippen MR) is 104 cm³/mol. The Bertz CT molecular complexity index is 661. The van der Waals surface area contributed by atoms with Gasteiger partial charge in [-0.3, -0.25) is 14.4 Å². The highest BCUT2D eigenvalue weighted by atomic mass is 16.5. The fourth-order valence-electron chi connectivity index (χ4n) is 2.48. The molecule has 0 heterocycles.